The standard InChI is InChI=1S/C26H31N3O2/c1-6-29-24-13-8-19(15-23(24)18(3)16-26(29,4)5)14-20(17-27)25(30)28-21-9-11-22(12-10-21)31-7-2/h8-15,18H,6-7,16H2,1-5H3,(H,28,30)/b20-14-/t18-/m1/s1. The predicted molar refractivity (Wildman–Crippen MR) is 126 cm³/mol. The molecular formula is C26H31N3O2. The van der Waals surface area contributed by atoms with E-state index in [1.165, 1.54) is 11.3 Å². The minimum Gasteiger partial charge on any atom is -0.494 e. The number of fused-ring (bicyclic) bond motifs is 1. The van der Waals surface area contributed by atoms with Crippen LogP contribution in [0.5, 0.6) is 5.75 Å². The van der Waals surface area contributed by atoms with Crippen molar-refractivity contribution in [2.24, 2.45) is 0 Å². The Labute approximate surface area is 185 Å². The molecule has 1 heterocycles. The highest BCUT2D eigenvalue weighted by atomic mass is 16.5. The van der Waals surface area contributed by atoms with Gasteiger partial charge in [0.15, 0.2) is 0 Å². The molecule has 0 aliphatic carbocycles. The van der Waals surface area contributed by atoms with Gasteiger partial charge in [-0.05, 0) is 93.6 Å². The minimum absolute atomic E-state index is 0.0741. The summed E-state index contributed by atoms with van der Waals surface area (Å²) in [5.74, 6) is 0.724. The summed E-state index contributed by atoms with van der Waals surface area (Å²) in [7, 11) is 0. The summed E-state index contributed by atoms with van der Waals surface area (Å²) in [6.45, 7) is 12.4. The van der Waals surface area contributed by atoms with E-state index in [9.17, 15) is 10.1 Å². The Balaban J connectivity index is 1.83. The lowest BCUT2D eigenvalue weighted by molar-refractivity contribution is -0.112. The van der Waals surface area contributed by atoms with Crippen LogP contribution in [-0.2, 0) is 4.79 Å². The molecule has 0 unspecified atom stereocenters. The number of hydrogen-bond donors (Lipinski definition) is 1. The lowest BCUT2D eigenvalue weighted by Crippen LogP contribution is -2.48. The summed E-state index contributed by atoms with van der Waals surface area (Å²) in [6.07, 6.45) is 2.72. The second-order valence-electron chi connectivity index (χ2n) is 8.56. The molecule has 0 spiro atoms. The number of amides is 1. The van der Waals surface area contributed by atoms with E-state index in [1.807, 2.05) is 19.1 Å². The fourth-order valence-electron chi connectivity index (χ4n) is 4.51. The number of benzene rings is 2. The molecule has 5 heteroatoms. The molecule has 1 N–H and O–H groups in total. The van der Waals surface area contributed by atoms with Gasteiger partial charge in [0.1, 0.15) is 17.4 Å². The van der Waals surface area contributed by atoms with Gasteiger partial charge >= 0.3 is 0 Å². The van der Waals surface area contributed by atoms with E-state index in [4.69, 9.17) is 4.74 Å². The number of nitrogens with zero attached hydrogens (tertiary/aromatic N) is 2. The fraction of sp³-hybridized carbons (Fsp3) is 0.385. The SMILES string of the molecule is CCOc1ccc(NC(=O)/C(C#N)=C\c2ccc3c(c2)[C@H](C)CC(C)(C)N3CC)cc1. The first-order valence-electron chi connectivity index (χ1n) is 10.9. The molecule has 162 valence electrons. The maximum Gasteiger partial charge on any atom is 0.266 e. The first-order valence-corrected chi connectivity index (χ1v) is 10.9. The monoisotopic (exact) mass is 417 g/mol. The molecule has 1 atom stereocenters. The van der Waals surface area contributed by atoms with Crippen molar-refractivity contribution in [3.05, 3.63) is 59.2 Å². The summed E-state index contributed by atoms with van der Waals surface area (Å²) in [5.41, 5.74) is 4.16. The van der Waals surface area contributed by atoms with Gasteiger partial charge in [0.2, 0.25) is 0 Å². The van der Waals surface area contributed by atoms with E-state index in [2.05, 4.69) is 50.0 Å². The highest BCUT2D eigenvalue weighted by Gasteiger charge is 2.35. The Morgan fingerprint density at radius 1 is 1.26 bits per heavy atom. The van der Waals surface area contributed by atoms with E-state index < -0.39 is 5.91 Å². The van der Waals surface area contributed by atoms with Crippen molar-refractivity contribution in [2.75, 3.05) is 23.4 Å². The van der Waals surface area contributed by atoms with Gasteiger partial charge in [-0.2, -0.15) is 5.26 Å². The van der Waals surface area contributed by atoms with Crippen LogP contribution in [-0.4, -0.2) is 24.6 Å². The molecule has 1 aliphatic heterocycles. The lowest BCUT2D eigenvalue weighted by atomic mass is 9.79. The van der Waals surface area contributed by atoms with Crippen molar-refractivity contribution >= 4 is 23.4 Å². The van der Waals surface area contributed by atoms with Crippen LogP contribution >= 0.6 is 0 Å². The molecule has 2 aromatic rings. The quantitative estimate of drug-likeness (QED) is 0.480. The molecule has 1 amide bonds. The second-order valence-corrected chi connectivity index (χ2v) is 8.56. The lowest BCUT2D eigenvalue weighted by Gasteiger charge is -2.47. The number of nitrogens with one attached hydrogen (secondary N) is 1. The van der Waals surface area contributed by atoms with Crippen molar-refractivity contribution in [1.82, 2.24) is 0 Å². The zero-order valence-corrected chi connectivity index (χ0v) is 19.0. The van der Waals surface area contributed by atoms with Gasteiger partial charge in [-0.3, -0.25) is 4.79 Å². The molecule has 0 aromatic heterocycles. The predicted octanol–water partition coefficient (Wildman–Crippen LogP) is 5.74. The van der Waals surface area contributed by atoms with Crippen LogP contribution in [0.2, 0.25) is 0 Å². The van der Waals surface area contributed by atoms with Crippen LogP contribution in [0.4, 0.5) is 11.4 Å². The molecular weight excluding hydrogens is 386 g/mol. The van der Waals surface area contributed by atoms with E-state index in [0.717, 1.165) is 24.3 Å². The molecule has 2 aromatic carbocycles. The van der Waals surface area contributed by atoms with Gasteiger partial charge in [0, 0.05) is 23.5 Å². The molecule has 1 aliphatic rings. The molecule has 3 rings (SSSR count). The first kappa shape index (κ1) is 22.4. The number of rotatable bonds is 6. The zero-order chi connectivity index (χ0) is 22.6. The van der Waals surface area contributed by atoms with Crippen molar-refractivity contribution in [3.63, 3.8) is 0 Å². The molecule has 0 saturated heterocycles. The molecule has 0 fully saturated rings. The van der Waals surface area contributed by atoms with E-state index in [0.29, 0.717) is 18.2 Å². The van der Waals surface area contributed by atoms with Crippen molar-refractivity contribution < 1.29 is 9.53 Å². The second kappa shape index (κ2) is 9.26. The van der Waals surface area contributed by atoms with Crippen LogP contribution in [0, 0.1) is 11.3 Å². The van der Waals surface area contributed by atoms with Crippen LogP contribution in [0.3, 0.4) is 0 Å². The topological polar surface area (TPSA) is 65.4 Å². The van der Waals surface area contributed by atoms with Crippen LogP contribution < -0.4 is 15.0 Å². The summed E-state index contributed by atoms with van der Waals surface area (Å²) in [6, 6.07) is 15.4. The molecule has 0 bridgehead atoms. The van der Waals surface area contributed by atoms with Gasteiger partial charge in [0.05, 0.1) is 6.61 Å². The number of ether oxygens (including phenoxy) is 1. The number of anilines is 2. The third kappa shape index (κ3) is 4.91. The Bertz CT molecular complexity index is 1020. The van der Waals surface area contributed by atoms with Crippen molar-refractivity contribution in [2.45, 2.75) is 52.5 Å². The van der Waals surface area contributed by atoms with Gasteiger partial charge in [-0.15, -0.1) is 0 Å². The minimum atomic E-state index is -0.422. The average molecular weight is 418 g/mol. The first-order chi connectivity index (χ1) is 14.8. The molecule has 0 radical (unpaired) electrons. The Hall–Kier alpha value is -3.26. The van der Waals surface area contributed by atoms with Gasteiger partial charge in [-0.25, -0.2) is 0 Å². The largest absolute Gasteiger partial charge is 0.494 e. The Morgan fingerprint density at radius 2 is 1.97 bits per heavy atom. The normalized spacial score (nSPS) is 17.5. The van der Waals surface area contributed by atoms with Crippen molar-refractivity contribution in [3.8, 4) is 11.8 Å². The summed E-state index contributed by atoms with van der Waals surface area (Å²) in [4.78, 5) is 15.1. The van der Waals surface area contributed by atoms with Gasteiger partial charge in [0.25, 0.3) is 5.91 Å². The Morgan fingerprint density at radius 3 is 2.58 bits per heavy atom. The zero-order valence-electron chi connectivity index (χ0n) is 19.0. The Kier molecular flexibility index (Phi) is 6.70. The summed E-state index contributed by atoms with van der Waals surface area (Å²) < 4.78 is 5.42. The van der Waals surface area contributed by atoms with Crippen molar-refractivity contribution in [1.29, 1.82) is 5.26 Å². The maximum absolute atomic E-state index is 12.7. The molecule has 0 saturated carbocycles. The van der Waals surface area contributed by atoms with E-state index in [-0.39, 0.29) is 11.1 Å². The van der Waals surface area contributed by atoms with E-state index in [1.54, 1.807) is 30.3 Å². The summed E-state index contributed by atoms with van der Waals surface area (Å²) >= 11 is 0. The number of carbonyl (C=O) groups excluding carboxylic acids is 1. The summed E-state index contributed by atoms with van der Waals surface area (Å²) in [5, 5.41) is 12.4. The van der Waals surface area contributed by atoms with Crippen LogP contribution in [0.15, 0.2) is 48.0 Å². The van der Waals surface area contributed by atoms with E-state index >= 15 is 0 Å². The maximum atomic E-state index is 12.7. The van der Waals surface area contributed by atoms with Gasteiger partial charge in [-0.1, -0.05) is 13.0 Å². The third-order valence-electron chi connectivity index (χ3n) is 5.83. The highest BCUT2D eigenvalue weighted by Crippen LogP contribution is 2.43. The smallest absolute Gasteiger partial charge is 0.266 e. The molecule has 5 nitrogen and oxygen atoms in total. The van der Waals surface area contributed by atoms with Crippen LogP contribution in [0.25, 0.3) is 6.08 Å². The molecule has 31 heavy (non-hydrogen) atoms. The highest BCUT2D eigenvalue weighted by molar-refractivity contribution is 6.09. The third-order valence-corrected chi connectivity index (χ3v) is 5.83. The number of hydrogen-bond acceptors (Lipinski definition) is 4. The fourth-order valence-corrected chi connectivity index (χ4v) is 4.51. The number of carbonyl (C=O) groups is 1. The van der Waals surface area contributed by atoms with Crippen LogP contribution in [0.1, 0.15) is 58.1 Å². The van der Waals surface area contributed by atoms with Gasteiger partial charge < -0.3 is 15.0 Å². The number of nitriles is 1. The average Bonchev–Trinajstić information content (AvgIpc) is 2.73.